The van der Waals surface area contributed by atoms with Gasteiger partial charge in [0.25, 0.3) is 0 Å². The fraction of sp³-hybridized carbons (Fsp3) is 0.333. The first kappa shape index (κ1) is 20.5. The maximum atomic E-state index is 10.7. The van der Waals surface area contributed by atoms with Crippen LogP contribution in [0.15, 0.2) is 36.5 Å². The zero-order chi connectivity index (χ0) is 22.4. The molecule has 5 nitrogen and oxygen atoms in total. The van der Waals surface area contributed by atoms with Gasteiger partial charge in [-0.1, -0.05) is 19.9 Å². The summed E-state index contributed by atoms with van der Waals surface area (Å²) in [6.45, 7) is 8.61. The first-order valence-corrected chi connectivity index (χ1v) is 11.4. The minimum Gasteiger partial charge on any atom is -0.506 e. The Hall–Kier alpha value is -3.36. The lowest BCUT2D eigenvalue weighted by molar-refractivity contribution is 0.460. The van der Waals surface area contributed by atoms with Crippen molar-refractivity contribution in [2.45, 2.75) is 45.4 Å². The van der Waals surface area contributed by atoms with E-state index in [4.69, 9.17) is 0 Å². The number of benzene rings is 2. The van der Waals surface area contributed by atoms with E-state index in [1.807, 2.05) is 19.1 Å². The van der Waals surface area contributed by atoms with Crippen molar-refractivity contribution >= 4 is 21.8 Å². The number of aromatic nitrogens is 2. The van der Waals surface area contributed by atoms with E-state index in [0.29, 0.717) is 17.2 Å². The minimum absolute atomic E-state index is 0.00199. The van der Waals surface area contributed by atoms with Crippen LogP contribution in [0.4, 0.5) is 0 Å². The van der Waals surface area contributed by atoms with Gasteiger partial charge in [-0.25, -0.2) is 0 Å². The summed E-state index contributed by atoms with van der Waals surface area (Å²) in [6.07, 6.45) is 3.80. The molecule has 0 atom stereocenters. The van der Waals surface area contributed by atoms with Crippen molar-refractivity contribution < 1.29 is 5.11 Å². The summed E-state index contributed by atoms with van der Waals surface area (Å²) in [4.78, 5) is 8.07. The molecule has 0 unspecified atom stereocenters. The molecule has 2 aromatic heterocycles. The molecule has 0 amide bonds. The number of aromatic hydroxyl groups is 1. The van der Waals surface area contributed by atoms with Gasteiger partial charge in [-0.3, -0.25) is 4.98 Å². The quantitative estimate of drug-likeness (QED) is 0.385. The van der Waals surface area contributed by atoms with E-state index >= 15 is 0 Å². The Balaban J connectivity index is 1.71. The fourth-order valence-electron chi connectivity index (χ4n) is 5.16. The van der Waals surface area contributed by atoms with E-state index in [0.717, 1.165) is 40.9 Å². The second-order valence-electron chi connectivity index (χ2n) is 9.22. The van der Waals surface area contributed by atoms with Crippen molar-refractivity contribution in [1.82, 2.24) is 15.3 Å². The van der Waals surface area contributed by atoms with Crippen LogP contribution in [0.3, 0.4) is 0 Å². The first-order valence-electron chi connectivity index (χ1n) is 11.4. The van der Waals surface area contributed by atoms with Crippen LogP contribution < -0.4 is 5.32 Å². The number of hydrogen-bond acceptors (Lipinski definition) is 4. The van der Waals surface area contributed by atoms with Crippen LogP contribution in [0.5, 0.6) is 5.75 Å². The van der Waals surface area contributed by atoms with E-state index in [2.05, 4.69) is 53.4 Å². The Morgan fingerprint density at radius 2 is 1.91 bits per heavy atom. The number of H-pyrrole nitrogens is 1. The molecular weight excluding hydrogens is 396 g/mol. The van der Waals surface area contributed by atoms with Gasteiger partial charge in [0.2, 0.25) is 0 Å². The number of aryl methyl sites for hydroxylation is 1. The molecule has 3 N–H and O–H groups in total. The number of nitriles is 1. The molecule has 5 rings (SSSR count). The van der Waals surface area contributed by atoms with E-state index < -0.39 is 0 Å². The molecule has 0 spiro atoms. The highest BCUT2D eigenvalue weighted by atomic mass is 16.3. The number of fused-ring (bicyclic) bond motifs is 2. The van der Waals surface area contributed by atoms with E-state index in [-0.39, 0.29) is 11.3 Å². The number of nitrogens with one attached hydrogen (secondary N) is 2. The third-order valence-electron chi connectivity index (χ3n) is 6.79. The van der Waals surface area contributed by atoms with Crippen LogP contribution in [0, 0.1) is 18.3 Å². The van der Waals surface area contributed by atoms with Gasteiger partial charge in [-0.2, -0.15) is 5.26 Å². The van der Waals surface area contributed by atoms with Crippen molar-refractivity contribution in [3.63, 3.8) is 0 Å². The zero-order valence-electron chi connectivity index (χ0n) is 18.8. The van der Waals surface area contributed by atoms with Gasteiger partial charge >= 0.3 is 0 Å². The van der Waals surface area contributed by atoms with Gasteiger partial charge in [0.1, 0.15) is 17.4 Å². The van der Waals surface area contributed by atoms with Crippen LogP contribution in [0.2, 0.25) is 0 Å². The summed E-state index contributed by atoms with van der Waals surface area (Å²) in [5, 5.41) is 25.3. The van der Waals surface area contributed by atoms with Gasteiger partial charge < -0.3 is 15.4 Å². The second-order valence-corrected chi connectivity index (χ2v) is 9.22. The summed E-state index contributed by atoms with van der Waals surface area (Å²) in [5.74, 6) is 0.933. The lowest BCUT2D eigenvalue weighted by Crippen LogP contribution is -2.26. The molecule has 1 fully saturated rings. The molecular formula is C27H28N4O. The number of rotatable bonds is 3. The molecule has 32 heavy (non-hydrogen) atoms. The predicted molar refractivity (Wildman–Crippen MR) is 129 cm³/mol. The van der Waals surface area contributed by atoms with Crippen molar-refractivity contribution in [3.8, 4) is 23.1 Å². The molecule has 3 heterocycles. The largest absolute Gasteiger partial charge is 0.506 e. The molecule has 1 aliphatic heterocycles. The Morgan fingerprint density at radius 1 is 1.12 bits per heavy atom. The second kappa shape index (κ2) is 7.96. The van der Waals surface area contributed by atoms with Crippen LogP contribution in [-0.4, -0.2) is 28.2 Å². The Kier molecular flexibility index (Phi) is 5.11. The molecule has 5 heteroatoms. The molecule has 4 aromatic rings. The molecule has 2 aromatic carbocycles. The third kappa shape index (κ3) is 3.32. The maximum absolute atomic E-state index is 10.7. The Morgan fingerprint density at radius 3 is 2.62 bits per heavy atom. The van der Waals surface area contributed by atoms with Crippen LogP contribution in [0.25, 0.3) is 33.1 Å². The first-order chi connectivity index (χ1) is 15.5. The topological polar surface area (TPSA) is 84.7 Å². The zero-order valence-corrected chi connectivity index (χ0v) is 18.8. The lowest BCUT2D eigenvalue weighted by atomic mass is 9.88. The highest BCUT2D eigenvalue weighted by Gasteiger charge is 2.21. The van der Waals surface area contributed by atoms with Crippen molar-refractivity contribution in [2.75, 3.05) is 13.1 Å². The molecule has 1 aliphatic rings. The Bertz CT molecular complexity index is 1370. The average molecular weight is 425 g/mol. The molecule has 0 radical (unpaired) electrons. The molecule has 0 aliphatic carbocycles. The van der Waals surface area contributed by atoms with E-state index in [9.17, 15) is 10.4 Å². The number of piperidine rings is 1. The van der Waals surface area contributed by atoms with Crippen LogP contribution >= 0.6 is 0 Å². The maximum Gasteiger partial charge on any atom is 0.144 e. The van der Waals surface area contributed by atoms with E-state index in [1.165, 1.54) is 35.6 Å². The van der Waals surface area contributed by atoms with Crippen LogP contribution in [0.1, 0.15) is 60.8 Å². The third-order valence-corrected chi connectivity index (χ3v) is 6.79. The number of hydrogen-bond donors (Lipinski definition) is 3. The minimum atomic E-state index is -0.00199. The number of nitrogens with zero attached hydrogens (tertiary/aromatic N) is 2. The van der Waals surface area contributed by atoms with Gasteiger partial charge in [0, 0.05) is 28.2 Å². The van der Waals surface area contributed by atoms with Gasteiger partial charge in [-0.05, 0) is 91.2 Å². The predicted octanol–water partition coefficient (Wildman–Crippen LogP) is 5.86. The SMILES string of the molecule is Cc1cc(-c2[nH]c3ccc(C4CCNCC4)cc3c2C(C)C)cc2c(O)c(C#N)cnc12. The number of pyridine rings is 1. The van der Waals surface area contributed by atoms with Crippen molar-refractivity contribution in [2.24, 2.45) is 0 Å². The fourth-order valence-corrected chi connectivity index (χ4v) is 5.16. The summed E-state index contributed by atoms with van der Waals surface area (Å²) in [5.41, 5.74) is 7.81. The summed E-state index contributed by atoms with van der Waals surface area (Å²) < 4.78 is 0. The average Bonchev–Trinajstić information content (AvgIpc) is 3.19. The highest BCUT2D eigenvalue weighted by Crippen LogP contribution is 2.40. The van der Waals surface area contributed by atoms with Crippen molar-refractivity contribution in [1.29, 1.82) is 5.26 Å². The van der Waals surface area contributed by atoms with E-state index in [1.54, 1.807) is 0 Å². The standard InChI is InChI=1S/C27H28N4O/c1-15(2)24-21-11-18(17-6-8-29-9-7-17)4-5-23(21)31-26(24)19-10-16(3)25-22(12-19)27(32)20(13-28)14-30-25/h4-5,10-12,14-15,17,29,31H,6-9H2,1-3H3,(H,30,32). The monoisotopic (exact) mass is 424 g/mol. The molecule has 0 bridgehead atoms. The summed E-state index contributed by atoms with van der Waals surface area (Å²) in [7, 11) is 0. The summed E-state index contributed by atoms with van der Waals surface area (Å²) in [6, 6.07) is 13.0. The van der Waals surface area contributed by atoms with Gasteiger partial charge in [0.05, 0.1) is 5.52 Å². The highest BCUT2D eigenvalue weighted by molar-refractivity contribution is 5.96. The molecule has 0 saturated carbocycles. The lowest BCUT2D eigenvalue weighted by Gasteiger charge is -2.23. The Labute approximate surface area is 188 Å². The molecule has 1 saturated heterocycles. The summed E-state index contributed by atoms with van der Waals surface area (Å²) >= 11 is 0. The van der Waals surface area contributed by atoms with Gasteiger partial charge in [-0.15, -0.1) is 0 Å². The normalized spacial score (nSPS) is 15.0. The van der Waals surface area contributed by atoms with Gasteiger partial charge in [0.15, 0.2) is 0 Å². The molecule has 162 valence electrons. The number of aromatic amines is 1. The smallest absolute Gasteiger partial charge is 0.144 e. The van der Waals surface area contributed by atoms with Crippen molar-refractivity contribution in [3.05, 3.63) is 58.8 Å². The van der Waals surface area contributed by atoms with Crippen LogP contribution in [-0.2, 0) is 0 Å².